The third-order valence-electron chi connectivity index (χ3n) is 2.13. The minimum atomic E-state index is 0.710. The van der Waals surface area contributed by atoms with Crippen LogP contribution in [0, 0.1) is 0 Å². The van der Waals surface area contributed by atoms with Crippen LogP contribution in [0.3, 0.4) is 0 Å². The van der Waals surface area contributed by atoms with Crippen molar-refractivity contribution in [2.75, 3.05) is 6.61 Å². The molecule has 3 heteroatoms. The molecule has 0 amide bonds. The summed E-state index contributed by atoms with van der Waals surface area (Å²) in [6.45, 7) is 2.80. The number of pyridine rings is 1. The fourth-order valence-electron chi connectivity index (χ4n) is 1.40. The molecule has 0 aliphatic rings. The van der Waals surface area contributed by atoms with E-state index in [9.17, 15) is 0 Å². The van der Waals surface area contributed by atoms with Crippen molar-refractivity contribution in [2.45, 2.75) is 13.3 Å². The van der Waals surface area contributed by atoms with Gasteiger partial charge in [-0.25, -0.2) is 0 Å². The summed E-state index contributed by atoms with van der Waals surface area (Å²) in [5.74, 6) is 0.847. The molecule has 0 aliphatic carbocycles. The number of hydrogen-bond acceptors (Lipinski definition) is 2. The van der Waals surface area contributed by atoms with E-state index in [0.29, 0.717) is 5.02 Å². The summed E-state index contributed by atoms with van der Waals surface area (Å²) in [6.07, 6.45) is 2.70. The number of ether oxygens (including phenoxy) is 1. The lowest BCUT2D eigenvalue weighted by Gasteiger charge is -2.06. The third kappa shape index (κ3) is 2.21. The van der Waals surface area contributed by atoms with Crippen molar-refractivity contribution in [1.29, 1.82) is 0 Å². The Labute approximate surface area is 93.8 Å². The Morgan fingerprint density at radius 2 is 2.20 bits per heavy atom. The molecule has 1 heterocycles. The van der Waals surface area contributed by atoms with Gasteiger partial charge in [0.05, 0.1) is 17.1 Å². The van der Waals surface area contributed by atoms with E-state index in [-0.39, 0.29) is 0 Å². The largest absolute Gasteiger partial charge is 0.494 e. The van der Waals surface area contributed by atoms with Crippen LogP contribution in [0.5, 0.6) is 5.75 Å². The molecule has 0 bridgehead atoms. The summed E-state index contributed by atoms with van der Waals surface area (Å²) in [5, 5.41) is 1.65. The lowest BCUT2D eigenvalue weighted by atomic mass is 10.2. The Kier molecular flexibility index (Phi) is 3.07. The van der Waals surface area contributed by atoms with Crippen molar-refractivity contribution in [3.05, 3.63) is 35.5 Å². The maximum atomic E-state index is 6.07. The second kappa shape index (κ2) is 4.49. The van der Waals surface area contributed by atoms with E-state index in [0.717, 1.165) is 29.7 Å². The summed E-state index contributed by atoms with van der Waals surface area (Å²) in [4.78, 5) is 4.22. The molecular formula is C12H12ClNO. The number of halogens is 1. The van der Waals surface area contributed by atoms with Crippen LogP contribution in [-0.2, 0) is 0 Å². The van der Waals surface area contributed by atoms with Gasteiger partial charge in [-0.1, -0.05) is 18.5 Å². The SMILES string of the molecule is CCCOc1ccc2nccc(Cl)c2c1. The fraction of sp³-hybridized carbons (Fsp3) is 0.250. The van der Waals surface area contributed by atoms with Gasteiger partial charge in [-0.15, -0.1) is 0 Å². The average Bonchev–Trinajstić information content (AvgIpc) is 2.27. The maximum absolute atomic E-state index is 6.07. The highest BCUT2D eigenvalue weighted by Crippen LogP contribution is 2.25. The number of rotatable bonds is 3. The van der Waals surface area contributed by atoms with Crippen molar-refractivity contribution in [2.24, 2.45) is 0 Å². The van der Waals surface area contributed by atoms with Crippen molar-refractivity contribution >= 4 is 22.5 Å². The van der Waals surface area contributed by atoms with Crippen LogP contribution in [0.4, 0.5) is 0 Å². The van der Waals surface area contributed by atoms with Gasteiger partial charge in [0.25, 0.3) is 0 Å². The molecule has 2 rings (SSSR count). The van der Waals surface area contributed by atoms with Crippen LogP contribution < -0.4 is 4.74 Å². The van der Waals surface area contributed by atoms with Gasteiger partial charge in [-0.3, -0.25) is 4.98 Å². The second-order valence-corrected chi connectivity index (χ2v) is 3.73. The van der Waals surface area contributed by atoms with Gasteiger partial charge >= 0.3 is 0 Å². The molecule has 0 unspecified atom stereocenters. The minimum absolute atomic E-state index is 0.710. The maximum Gasteiger partial charge on any atom is 0.120 e. The number of aromatic nitrogens is 1. The zero-order chi connectivity index (χ0) is 10.7. The first-order valence-corrected chi connectivity index (χ1v) is 5.36. The van der Waals surface area contributed by atoms with Gasteiger partial charge in [0, 0.05) is 11.6 Å². The molecule has 0 N–H and O–H groups in total. The number of hydrogen-bond donors (Lipinski definition) is 0. The van der Waals surface area contributed by atoms with Gasteiger partial charge in [0.15, 0.2) is 0 Å². The lowest BCUT2D eigenvalue weighted by Crippen LogP contribution is -1.94. The molecule has 2 aromatic rings. The first kappa shape index (κ1) is 10.2. The zero-order valence-corrected chi connectivity index (χ0v) is 9.29. The van der Waals surface area contributed by atoms with Crippen LogP contribution in [0.15, 0.2) is 30.5 Å². The first-order valence-electron chi connectivity index (χ1n) is 4.98. The van der Waals surface area contributed by atoms with Gasteiger partial charge in [-0.05, 0) is 30.7 Å². The number of benzene rings is 1. The Hall–Kier alpha value is -1.28. The van der Waals surface area contributed by atoms with Crippen molar-refractivity contribution in [1.82, 2.24) is 4.98 Å². The molecule has 1 aromatic carbocycles. The quantitative estimate of drug-likeness (QED) is 0.789. The molecule has 0 spiro atoms. The highest BCUT2D eigenvalue weighted by atomic mass is 35.5. The summed E-state index contributed by atoms with van der Waals surface area (Å²) in [6, 6.07) is 7.56. The van der Waals surface area contributed by atoms with Gasteiger partial charge in [-0.2, -0.15) is 0 Å². The topological polar surface area (TPSA) is 22.1 Å². The molecule has 0 saturated heterocycles. The highest BCUT2D eigenvalue weighted by molar-refractivity contribution is 6.35. The minimum Gasteiger partial charge on any atom is -0.494 e. The number of fused-ring (bicyclic) bond motifs is 1. The molecular weight excluding hydrogens is 210 g/mol. The zero-order valence-electron chi connectivity index (χ0n) is 8.53. The first-order chi connectivity index (χ1) is 7.31. The summed E-state index contributed by atoms with van der Waals surface area (Å²) in [5.41, 5.74) is 0.895. The Morgan fingerprint density at radius 1 is 1.33 bits per heavy atom. The van der Waals surface area contributed by atoms with Crippen LogP contribution >= 0.6 is 11.6 Å². The Bertz CT molecular complexity index is 470. The van der Waals surface area contributed by atoms with E-state index >= 15 is 0 Å². The van der Waals surface area contributed by atoms with Crippen LogP contribution in [0.25, 0.3) is 10.9 Å². The summed E-state index contributed by atoms with van der Waals surface area (Å²) >= 11 is 6.07. The predicted octanol–water partition coefficient (Wildman–Crippen LogP) is 3.68. The number of nitrogens with zero attached hydrogens (tertiary/aromatic N) is 1. The van der Waals surface area contributed by atoms with Crippen molar-refractivity contribution < 1.29 is 4.74 Å². The molecule has 15 heavy (non-hydrogen) atoms. The highest BCUT2D eigenvalue weighted by Gasteiger charge is 2.01. The molecule has 0 atom stereocenters. The molecule has 78 valence electrons. The van der Waals surface area contributed by atoms with E-state index < -0.39 is 0 Å². The summed E-state index contributed by atoms with van der Waals surface area (Å²) < 4.78 is 5.53. The Morgan fingerprint density at radius 3 is 3.00 bits per heavy atom. The lowest BCUT2D eigenvalue weighted by molar-refractivity contribution is 0.318. The molecule has 1 aromatic heterocycles. The average molecular weight is 222 g/mol. The van der Waals surface area contributed by atoms with Crippen molar-refractivity contribution in [3.8, 4) is 5.75 Å². The normalized spacial score (nSPS) is 10.5. The van der Waals surface area contributed by atoms with Gasteiger partial charge in [0.2, 0.25) is 0 Å². The van der Waals surface area contributed by atoms with E-state index in [1.807, 2.05) is 18.2 Å². The van der Waals surface area contributed by atoms with E-state index in [2.05, 4.69) is 11.9 Å². The molecule has 0 fully saturated rings. The van der Waals surface area contributed by atoms with E-state index in [4.69, 9.17) is 16.3 Å². The molecule has 0 saturated carbocycles. The van der Waals surface area contributed by atoms with Gasteiger partial charge < -0.3 is 4.74 Å². The Balaban J connectivity index is 2.41. The predicted molar refractivity (Wildman–Crippen MR) is 62.5 cm³/mol. The third-order valence-corrected chi connectivity index (χ3v) is 2.46. The monoisotopic (exact) mass is 221 g/mol. The smallest absolute Gasteiger partial charge is 0.120 e. The molecule has 0 aliphatic heterocycles. The standard InChI is InChI=1S/C12H12ClNO/c1-2-7-15-9-3-4-12-10(8-9)11(13)5-6-14-12/h3-6,8H,2,7H2,1H3. The van der Waals surface area contributed by atoms with Crippen LogP contribution in [0.2, 0.25) is 5.02 Å². The van der Waals surface area contributed by atoms with E-state index in [1.54, 1.807) is 12.3 Å². The van der Waals surface area contributed by atoms with Crippen LogP contribution in [0.1, 0.15) is 13.3 Å². The van der Waals surface area contributed by atoms with Crippen molar-refractivity contribution in [3.63, 3.8) is 0 Å². The molecule has 0 radical (unpaired) electrons. The second-order valence-electron chi connectivity index (χ2n) is 3.32. The molecule has 2 nitrogen and oxygen atoms in total. The summed E-state index contributed by atoms with van der Waals surface area (Å²) in [7, 11) is 0. The van der Waals surface area contributed by atoms with Gasteiger partial charge in [0.1, 0.15) is 5.75 Å². The fourth-order valence-corrected chi connectivity index (χ4v) is 1.61. The van der Waals surface area contributed by atoms with E-state index in [1.165, 1.54) is 0 Å². The van der Waals surface area contributed by atoms with Crippen LogP contribution in [-0.4, -0.2) is 11.6 Å².